The highest BCUT2D eigenvalue weighted by Gasteiger charge is 2.12. The van der Waals surface area contributed by atoms with Crippen LogP contribution in [0.5, 0.6) is 0 Å². The van der Waals surface area contributed by atoms with Gasteiger partial charge in [-0.15, -0.1) is 0 Å². The van der Waals surface area contributed by atoms with E-state index in [1.165, 1.54) is 0 Å². The Labute approximate surface area is 113 Å². The molecule has 0 aliphatic heterocycles. The largest absolute Gasteiger partial charge is 0.385 e. The van der Waals surface area contributed by atoms with Gasteiger partial charge in [-0.2, -0.15) is 5.26 Å². The Bertz CT molecular complexity index is 581. The van der Waals surface area contributed by atoms with Crippen LogP contribution in [0, 0.1) is 18.3 Å². The Kier molecular flexibility index (Phi) is 4.32. The predicted molar refractivity (Wildman–Crippen MR) is 73.6 cm³/mol. The van der Waals surface area contributed by atoms with E-state index in [0.717, 1.165) is 35.5 Å². The van der Waals surface area contributed by atoms with E-state index >= 15 is 0 Å². The molecule has 2 heterocycles. The first-order valence-electron chi connectivity index (χ1n) is 6.27. The van der Waals surface area contributed by atoms with E-state index in [4.69, 9.17) is 4.74 Å². The minimum atomic E-state index is 0.714. The zero-order valence-corrected chi connectivity index (χ0v) is 11.3. The van der Waals surface area contributed by atoms with E-state index in [0.29, 0.717) is 6.61 Å². The van der Waals surface area contributed by atoms with Crippen molar-refractivity contribution in [1.82, 2.24) is 9.55 Å². The third-order valence-electron chi connectivity index (χ3n) is 3.17. The van der Waals surface area contributed by atoms with Crippen molar-refractivity contribution < 1.29 is 4.74 Å². The molecule has 0 aliphatic carbocycles. The van der Waals surface area contributed by atoms with Crippen molar-refractivity contribution in [3.05, 3.63) is 41.9 Å². The summed E-state index contributed by atoms with van der Waals surface area (Å²) >= 11 is 0. The van der Waals surface area contributed by atoms with Crippen LogP contribution in [0.2, 0.25) is 0 Å². The third kappa shape index (κ3) is 2.83. The second-order valence-electron chi connectivity index (χ2n) is 4.38. The molecule has 0 bridgehead atoms. The van der Waals surface area contributed by atoms with Crippen molar-refractivity contribution >= 4 is 0 Å². The molecular formula is C15H17N3O. The Balaban J connectivity index is 2.39. The molecule has 2 aromatic heterocycles. The van der Waals surface area contributed by atoms with Crippen LogP contribution in [0.4, 0.5) is 0 Å². The van der Waals surface area contributed by atoms with Crippen LogP contribution in [0.15, 0.2) is 30.6 Å². The summed E-state index contributed by atoms with van der Waals surface area (Å²) in [7, 11) is 1.70. The Morgan fingerprint density at radius 3 is 2.95 bits per heavy atom. The number of ether oxygens (including phenoxy) is 1. The van der Waals surface area contributed by atoms with Gasteiger partial charge in [0.2, 0.25) is 0 Å². The highest BCUT2D eigenvalue weighted by molar-refractivity contribution is 5.63. The first kappa shape index (κ1) is 13.3. The van der Waals surface area contributed by atoms with Gasteiger partial charge in [0, 0.05) is 43.9 Å². The van der Waals surface area contributed by atoms with Gasteiger partial charge >= 0.3 is 0 Å². The van der Waals surface area contributed by atoms with E-state index in [9.17, 15) is 5.26 Å². The summed E-state index contributed by atoms with van der Waals surface area (Å²) in [5.74, 6) is 0. The molecule has 0 atom stereocenters. The SMILES string of the molecule is COCCCn1c(-c2cccnc2)cc(C#N)c1C. The molecule has 0 saturated heterocycles. The lowest BCUT2D eigenvalue weighted by Crippen LogP contribution is -2.05. The van der Waals surface area contributed by atoms with Crippen molar-refractivity contribution in [1.29, 1.82) is 5.26 Å². The van der Waals surface area contributed by atoms with Gasteiger partial charge in [0.1, 0.15) is 6.07 Å². The zero-order chi connectivity index (χ0) is 13.7. The fraction of sp³-hybridized carbons (Fsp3) is 0.333. The molecule has 2 rings (SSSR count). The molecule has 0 saturated carbocycles. The molecule has 0 spiro atoms. The van der Waals surface area contributed by atoms with E-state index in [1.807, 2.05) is 31.3 Å². The minimum Gasteiger partial charge on any atom is -0.385 e. The molecule has 0 amide bonds. The maximum atomic E-state index is 9.17. The smallest absolute Gasteiger partial charge is 0.101 e. The molecule has 0 aliphatic rings. The average Bonchev–Trinajstić information content (AvgIpc) is 2.77. The first-order valence-corrected chi connectivity index (χ1v) is 6.27. The second kappa shape index (κ2) is 6.17. The predicted octanol–water partition coefficient (Wildman–Crippen LogP) is 2.77. The average molecular weight is 255 g/mol. The molecule has 2 aromatic rings. The summed E-state index contributed by atoms with van der Waals surface area (Å²) < 4.78 is 7.25. The molecule has 98 valence electrons. The number of nitriles is 1. The van der Waals surface area contributed by atoms with Crippen LogP contribution in [-0.4, -0.2) is 23.3 Å². The molecular weight excluding hydrogens is 238 g/mol. The fourth-order valence-corrected chi connectivity index (χ4v) is 2.17. The molecule has 4 nitrogen and oxygen atoms in total. The highest BCUT2D eigenvalue weighted by Crippen LogP contribution is 2.25. The zero-order valence-electron chi connectivity index (χ0n) is 11.3. The normalized spacial score (nSPS) is 10.4. The number of aromatic nitrogens is 2. The lowest BCUT2D eigenvalue weighted by molar-refractivity contribution is 0.190. The lowest BCUT2D eigenvalue weighted by Gasteiger charge is -2.11. The maximum Gasteiger partial charge on any atom is 0.101 e. The van der Waals surface area contributed by atoms with Crippen molar-refractivity contribution in [2.75, 3.05) is 13.7 Å². The molecule has 0 N–H and O–H groups in total. The second-order valence-corrected chi connectivity index (χ2v) is 4.38. The van der Waals surface area contributed by atoms with E-state index in [2.05, 4.69) is 15.6 Å². The van der Waals surface area contributed by atoms with E-state index < -0.39 is 0 Å². The minimum absolute atomic E-state index is 0.714. The maximum absolute atomic E-state index is 9.17. The van der Waals surface area contributed by atoms with Gasteiger partial charge < -0.3 is 9.30 Å². The molecule has 0 unspecified atom stereocenters. The number of nitrogens with zero attached hydrogens (tertiary/aromatic N) is 3. The van der Waals surface area contributed by atoms with Gasteiger partial charge in [-0.05, 0) is 31.5 Å². The van der Waals surface area contributed by atoms with Crippen molar-refractivity contribution in [3.8, 4) is 17.3 Å². The molecule has 0 aromatic carbocycles. The Morgan fingerprint density at radius 2 is 2.32 bits per heavy atom. The number of pyridine rings is 1. The summed E-state index contributed by atoms with van der Waals surface area (Å²) in [4.78, 5) is 4.14. The van der Waals surface area contributed by atoms with Crippen molar-refractivity contribution in [2.45, 2.75) is 19.9 Å². The molecule has 4 heteroatoms. The topological polar surface area (TPSA) is 50.8 Å². The summed E-state index contributed by atoms with van der Waals surface area (Å²) in [6, 6.07) is 8.09. The van der Waals surface area contributed by atoms with Crippen LogP contribution >= 0.6 is 0 Å². The monoisotopic (exact) mass is 255 g/mol. The fourth-order valence-electron chi connectivity index (χ4n) is 2.17. The van der Waals surface area contributed by atoms with Gasteiger partial charge in [-0.1, -0.05) is 0 Å². The van der Waals surface area contributed by atoms with Gasteiger partial charge in [0.05, 0.1) is 11.3 Å². The van der Waals surface area contributed by atoms with Crippen LogP contribution in [-0.2, 0) is 11.3 Å². The van der Waals surface area contributed by atoms with Crippen LogP contribution in [0.1, 0.15) is 17.7 Å². The lowest BCUT2D eigenvalue weighted by atomic mass is 10.2. The summed E-state index contributed by atoms with van der Waals surface area (Å²) in [5, 5.41) is 9.17. The van der Waals surface area contributed by atoms with Gasteiger partial charge in [0.15, 0.2) is 0 Å². The summed E-state index contributed by atoms with van der Waals surface area (Å²) in [6.45, 7) is 3.53. The van der Waals surface area contributed by atoms with Gasteiger partial charge in [-0.3, -0.25) is 4.98 Å². The van der Waals surface area contributed by atoms with Crippen molar-refractivity contribution in [2.24, 2.45) is 0 Å². The molecule has 0 fully saturated rings. The van der Waals surface area contributed by atoms with Crippen molar-refractivity contribution in [3.63, 3.8) is 0 Å². The van der Waals surface area contributed by atoms with E-state index in [-0.39, 0.29) is 0 Å². The first-order chi connectivity index (χ1) is 9.27. The van der Waals surface area contributed by atoms with Crippen LogP contribution < -0.4 is 0 Å². The number of hydrogen-bond donors (Lipinski definition) is 0. The van der Waals surface area contributed by atoms with E-state index in [1.54, 1.807) is 13.3 Å². The van der Waals surface area contributed by atoms with Gasteiger partial charge in [-0.25, -0.2) is 0 Å². The summed E-state index contributed by atoms with van der Waals surface area (Å²) in [5.41, 5.74) is 3.79. The van der Waals surface area contributed by atoms with Crippen LogP contribution in [0.25, 0.3) is 11.3 Å². The molecule has 0 radical (unpaired) electrons. The highest BCUT2D eigenvalue weighted by atomic mass is 16.5. The Morgan fingerprint density at radius 1 is 1.47 bits per heavy atom. The Hall–Kier alpha value is -2.12. The number of methoxy groups -OCH3 is 1. The number of rotatable bonds is 5. The van der Waals surface area contributed by atoms with Crippen LogP contribution in [0.3, 0.4) is 0 Å². The number of hydrogen-bond acceptors (Lipinski definition) is 3. The quantitative estimate of drug-likeness (QED) is 0.772. The molecule has 19 heavy (non-hydrogen) atoms. The summed E-state index contributed by atoms with van der Waals surface area (Å²) in [6.07, 6.45) is 4.49. The third-order valence-corrected chi connectivity index (χ3v) is 3.17. The van der Waals surface area contributed by atoms with Gasteiger partial charge in [0.25, 0.3) is 0 Å². The standard InChI is InChI=1S/C15H17N3O/c1-12-14(10-16)9-15(13-5-3-6-17-11-13)18(12)7-4-8-19-2/h3,5-6,9,11H,4,7-8H2,1-2H3.